The molecule has 0 unspecified atom stereocenters. The minimum Gasteiger partial charge on any atom is -0.494 e. The van der Waals surface area contributed by atoms with Gasteiger partial charge in [-0.1, -0.05) is 48.3 Å². The van der Waals surface area contributed by atoms with Gasteiger partial charge in [-0.05, 0) is 66.1 Å². The average Bonchev–Trinajstić information content (AvgIpc) is 2.84. The maximum atomic E-state index is 12.1. The molecule has 0 spiro atoms. The Kier molecular flexibility index (Phi) is 9.31. The van der Waals surface area contributed by atoms with Crippen molar-refractivity contribution in [1.82, 2.24) is 5.43 Å². The highest BCUT2D eigenvalue weighted by atomic mass is 35.5. The van der Waals surface area contributed by atoms with Crippen molar-refractivity contribution >= 4 is 46.9 Å². The van der Waals surface area contributed by atoms with Crippen molar-refractivity contribution in [2.75, 3.05) is 11.9 Å². The predicted molar refractivity (Wildman–Crippen MR) is 134 cm³/mol. The minimum atomic E-state index is -0.894. The van der Waals surface area contributed by atoms with Gasteiger partial charge < -0.3 is 14.8 Å². The number of hydrogen-bond donors (Lipinski definition) is 2. The van der Waals surface area contributed by atoms with Gasteiger partial charge in [0.05, 0.1) is 22.9 Å². The van der Waals surface area contributed by atoms with Crippen molar-refractivity contribution in [3.63, 3.8) is 0 Å². The zero-order valence-electron chi connectivity index (χ0n) is 18.4. The first kappa shape index (κ1) is 25.1. The molecule has 0 radical (unpaired) electrons. The smallest absolute Gasteiger partial charge is 0.329 e. The Morgan fingerprint density at radius 1 is 0.912 bits per heavy atom. The van der Waals surface area contributed by atoms with E-state index in [2.05, 4.69) is 15.8 Å². The van der Waals surface area contributed by atoms with Crippen LogP contribution in [0.2, 0.25) is 10.0 Å². The van der Waals surface area contributed by atoms with Gasteiger partial charge in [-0.15, -0.1) is 0 Å². The molecule has 0 saturated carbocycles. The van der Waals surface area contributed by atoms with Crippen LogP contribution in [0.5, 0.6) is 11.5 Å². The van der Waals surface area contributed by atoms with E-state index in [9.17, 15) is 9.59 Å². The Morgan fingerprint density at radius 3 is 2.44 bits per heavy atom. The minimum absolute atomic E-state index is 0.306. The van der Waals surface area contributed by atoms with Gasteiger partial charge in [0.2, 0.25) is 0 Å². The van der Waals surface area contributed by atoms with Crippen molar-refractivity contribution in [2.45, 2.75) is 20.0 Å². The fourth-order valence-corrected chi connectivity index (χ4v) is 3.06. The van der Waals surface area contributed by atoms with Gasteiger partial charge in [0.1, 0.15) is 18.1 Å². The summed E-state index contributed by atoms with van der Waals surface area (Å²) in [6.45, 7) is 2.93. The Hall–Kier alpha value is -3.55. The van der Waals surface area contributed by atoms with E-state index < -0.39 is 11.8 Å². The summed E-state index contributed by atoms with van der Waals surface area (Å²) in [7, 11) is 0. The van der Waals surface area contributed by atoms with Gasteiger partial charge >= 0.3 is 11.8 Å². The summed E-state index contributed by atoms with van der Waals surface area (Å²) in [6.07, 6.45) is 2.31. The van der Waals surface area contributed by atoms with Gasteiger partial charge in [0.25, 0.3) is 0 Å². The third-order valence-corrected chi connectivity index (χ3v) is 5.16. The summed E-state index contributed by atoms with van der Waals surface area (Å²) >= 11 is 11.9. The quantitative estimate of drug-likeness (QED) is 0.232. The van der Waals surface area contributed by atoms with Crippen LogP contribution in [-0.4, -0.2) is 24.6 Å². The van der Waals surface area contributed by atoms with E-state index >= 15 is 0 Å². The number of rotatable bonds is 9. The lowest BCUT2D eigenvalue weighted by Crippen LogP contribution is -2.32. The monoisotopic (exact) mass is 499 g/mol. The molecule has 3 aromatic carbocycles. The number of nitrogens with zero attached hydrogens (tertiary/aromatic N) is 1. The van der Waals surface area contributed by atoms with Crippen LogP contribution in [0.25, 0.3) is 0 Å². The molecule has 3 aromatic rings. The number of benzene rings is 3. The summed E-state index contributed by atoms with van der Waals surface area (Å²) in [5.74, 6) is -0.435. The number of amides is 2. The summed E-state index contributed by atoms with van der Waals surface area (Å²) in [5, 5.41) is 7.28. The van der Waals surface area contributed by atoms with Crippen LogP contribution in [-0.2, 0) is 16.2 Å². The SMILES string of the molecule is CCCOc1ccc(NC(=O)C(=O)N/N=C\c2cccc(OCc3ccc(Cl)c(Cl)c3)c2)cc1. The van der Waals surface area contributed by atoms with Crippen LogP contribution < -0.4 is 20.2 Å². The first-order valence-corrected chi connectivity index (χ1v) is 11.2. The van der Waals surface area contributed by atoms with Crippen molar-refractivity contribution < 1.29 is 19.1 Å². The van der Waals surface area contributed by atoms with Crippen molar-refractivity contribution in [2.24, 2.45) is 5.10 Å². The maximum absolute atomic E-state index is 12.1. The van der Waals surface area contributed by atoms with Crippen LogP contribution in [0.3, 0.4) is 0 Å². The number of hydrazone groups is 1. The van der Waals surface area contributed by atoms with Crippen molar-refractivity contribution in [3.8, 4) is 11.5 Å². The third-order valence-electron chi connectivity index (χ3n) is 4.42. The largest absolute Gasteiger partial charge is 0.494 e. The zero-order valence-corrected chi connectivity index (χ0v) is 19.9. The number of halogens is 2. The fraction of sp³-hybridized carbons (Fsp3) is 0.160. The second-order valence-electron chi connectivity index (χ2n) is 7.14. The first-order chi connectivity index (χ1) is 16.4. The van der Waals surface area contributed by atoms with E-state index in [1.807, 2.05) is 13.0 Å². The molecule has 9 heteroatoms. The second-order valence-corrected chi connectivity index (χ2v) is 7.95. The van der Waals surface area contributed by atoms with E-state index in [1.54, 1.807) is 60.7 Å². The van der Waals surface area contributed by atoms with E-state index in [0.29, 0.717) is 46.0 Å². The van der Waals surface area contributed by atoms with Crippen LogP contribution in [0.1, 0.15) is 24.5 Å². The van der Waals surface area contributed by atoms with Crippen LogP contribution >= 0.6 is 23.2 Å². The van der Waals surface area contributed by atoms with Crippen LogP contribution in [0.4, 0.5) is 5.69 Å². The molecule has 176 valence electrons. The molecule has 0 aromatic heterocycles. The van der Waals surface area contributed by atoms with Gasteiger partial charge in [-0.25, -0.2) is 5.43 Å². The average molecular weight is 500 g/mol. The van der Waals surface area contributed by atoms with E-state index in [4.69, 9.17) is 32.7 Å². The summed E-state index contributed by atoms with van der Waals surface area (Å²) < 4.78 is 11.2. The lowest BCUT2D eigenvalue weighted by molar-refractivity contribution is -0.136. The van der Waals surface area contributed by atoms with Crippen LogP contribution in [0.15, 0.2) is 71.8 Å². The molecule has 7 nitrogen and oxygen atoms in total. The third kappa shape index (κ3) is 7.79. The topological polar surface area (TPSA) is 89.0 Å². The standard InChI is InChI=1S/C25H23Cl2N3O4/c1-2-12-33-20-9-7-19(8-10-20)29-24(31)25(32)30-28-15-17-4-3-5-21(13-17)34-16-18-6-11-22(26)23(27)14-18/h3-11,13-15H,2,12,16H2,1H3,(H,29,31)(H,30,32)/b28-15-. The molecule has 34 heavy (non-hydrogen) atoms. The van der Waals surface area contributed by atoms with Gasteiger partial charge in [0.15, 0.2) is 0 Å². The molecule has 3 rings (SSSR count). The summed E-state index contributed by atoms with van der Waals surface area (Å²) in [5.41, 5.74) is 4.22. The predicted octanol–water partition coefficient (Wildman–Crippen LogP) is 5.45. The van der Waals surface area contributed by atoms with Crippen LogP contribution in [0, 0.1) is 0 Å². The molecule has 2 amide bonds. The highest BCUT2D eigenvalue weighted by Gasteiger charge is 2.12. The number of carbonyl (C=O) groups excluding carboxylic acids is 2. The number of anilines is 1. The zero-order chi connectivity index (χ0) is 24.3. The molecule has 0 aliphatic heterocycles. The highest BCUT2D eigenvalue weighted by Crippen LogP contribution is 2.23. The summed E-state index contributed by atoms with van der Waals surface area (Å²) in [6, 6.07) is 19.1. The Labute approximate surface area is 207 Å². The molecule has 2 N–H and O–H groups in total. The van der Waals surface area contributed by atoms with Crippen molar-refractivity contribution in [3.05, 3.63) is 87.9 Å². The number of carbonyl (C=O) groups is 2. The second kappa shape index (κ2) is 12.6. The fourth-order valence-electron chi connectivity index (χ4n) is 2.74. The van der Waals surface area contributed by atoms with E-state index in [0.717, 1.165) is 12.0 Å². The maximum Gasteiger partial charge on any atom is 0.329 e. The molecule has 0 aliphatic rings. The first-order valence-electron chi connectivity index (χ1n) is 10.5. The molecular formula is C25H23Cl2N3O4. The molecule has 0 saturated heterocycles. The lowest BCUT2D eigenvalue weighted by atomic mass is 10.2. The molecule has 0 heterocycles. The van der Waals surface area contributed by atoms with Gasteiger partial charge in [0, 0.05) is 5.69 Å². The molecule has 0 atom stereocenters. The van der Waals surface area contributed by atoms with E-state index in [1.165, 1.54) is 6.21 Å². The Morgan fingerprint density at radius 2 is 1.71 bits per heavy atom. The molecule has 0 fully saturated rings. The van der Waals surface area contributed by atoms with Crippen molar-refractivity contribution in [1.29, 1.82) is 0 Å². The Balaban J connectivity index is 1.48. The van der Waals surface area contributed by atoms with E-state index in [-0.39, 0.29) is 0 Å². The van der Waals surface area contributed by atoms with Gasteiger partial charge in [-0.2, -0.15) is 5.10 Å². The Bertz CT molecular complexity index is 1170. The number of nitrogens with one attached hydrogen (secondary N) is 2. The number of hydrogen-bond acceptors (Lipinski definition) is 5. The van der Waals surface area contributed by atoms with Gasteiger partial charge in [-0.3, -0.25) is 9.59 Å². The highest BCUT2D eigenvalue weighted by molar-refractivity contribution is 6.42. The molecular weight excluding hydrogens is 477 g/mol. The lowest BCUT2D eigenvalue weighted by Gasteiger charge is -2.08. The normalized spacial score (nSPS) is 10.7. The number of ether oxygens (including phenoxy) is 2. The summed E-state index contributed by atoms with van der Waals surface area (Å²) in [4.78, 5) is 24.1. The molecule has 0 bridgehead atoms. The molecule has 0 aliphatic carbocycles.